The monoisotopic (exact) mass is 164 g/mol. The van der Waals surface area contributed by atoms with Crippen molar-refractivity contribution in [2.75, 3.05) is 0 Å². The van der Waals surface area contributed by atoms with Crippen molar-refractivity contribution in [1.29, 1.82) is 0 Å². The summed E-state index contributed by atoms with van der Waals surface area (Å²) in [4.78, 5) is 0. The Morgan fingerprint density at radius 1 is 1.45 bits per heavy atom. The summed E-state index contributed by atoms with van der Waals surface area (Å²) in [7, 11) is 5.72. The second-order valence-corrected chi connectivity index (χ2v) is 3.23. The van der Waals surface area contributed by atoms with Crippen molar-refractivity contribution in [2.45, 2.75) is 19.7 Å². The predicted molar refractivity (Wildman–Crippen MR) is 50.4 cm³/mol. The zero-order chi connectivity index (χ0) is 8.43. The lowest BCUT2D eigenvalue weighted by Gasteiger charge is -2.09. The fourth-order valence-electron chi connectivity index (χ4n) is 1.10. The molecule has 0 nitrogen and oxygen atoms in total. The van der Waals surface area contributed by atoms with Gasteiger partial charge in [-0.2, -0.15) is 0 Å². The van der Waals surface area contributed by atoms with Crippen molar-refractivity contribution in [3.05, 3.63) is 34.3 Å². The van der Waals surface area contributed by atoms with Gasteiger partial charge in [-0.3, -0.25) is 0 Å². The van der Waals surface area contributed by atoms with Gasteiger partial charge in [-0.1, -0.05) is 30.4 Å². The molecule has 11 heavy (non-hydrogen) atoms. The minimum absolute atomic E-state index is 0.0636. The highest BCUT2D eigenvalue weighted by atomic mass is 35.5. The molecule has 0 amide bonds. The molecule has 0 saturated heterocycles. The summed E-state index contributed by atoms with van der Waals surface area (Å²) in [6.07, 6.45) is 0. The Hall–Kier alpha value is -0.425. The number of benzene rings is 1. The zero-order valence-corrected chi connectivity index (χ0v) is 7.52. The highest BCUT2D eigenvalue weighted by Crippen LogP contribution is 2.20. The maximum atomic E-state index is 5.81. The molecule has 0 bridgehead atoms. The minimum atomic E-state index is 0.0636. The Bertz CT molecular complexity index is 256. The number of rotatable bonds is 1. The Kier molecular flexibility index (Phi) is 2.61. The molecule has 1 atom stereocenters. The molecule has 1 rings (SSSR count). The van der Waals surface area contributed by atoms with Crippen molar-refractivity contribution in [1.82, 2.24) is 0 Å². The molecule has 2 heteroatoms. The number of hydrogen-bond acceptors (Lipinski definition) is 0. The number of aryl methyl sites for hydroxylation is 1. The van der Waals surface area contributed by atoms with E-state index in [2.05, 4.69) is 0 Å². The molecular formula is C9H10BCl. The first-order valence-corrected chi connectivity index (χ1v) is 4.00. The van der Waals surface area contributed by atoms with Crippen LogP contribution in [-0.4, -0.2) is 7.85 Å². The SMILES string of the molecule is [B]C(C)c1cc(Cl)ccc1C. The maximum Gasteiger partial charge on any atom is 0.0759 e. The molecule has 0 heterocycles. The predicted octanol–water partition coefficient (Wildman–Crippen LogP) is 2.88. The fraction of sp³-hybridized carbons (Fsp3) is 0.333. The van der Waals surface area contributed by atoms with Gasteiger partial charge in [0.1, 0.15) is 0 Å². The van der Waals surface area contributed by atoms with Crippen LogP contribution in [0.15, 0.2) is 18.2 Å². The van der Waals surface area contributed by atoms with E-state index in [1.165, 1.54) is 5.56 Å². The Labute approximate surface area is 74.0 Å². The van der Waals surface area contributed by atoms with Gasteiger partial charge >= 0.3 is 0 Å². The topological polar surface area (TPSA) is 0 Å². The van der Waals surface area contributed by atoms with Crippen LogP contribution in [0.25, 0.3) is 0 Å². The zero-order valence-electron chi connectivity index (χ0n) is 6.76. The Morgan fingerprint density at radius 3 is 2.55 bits per heavy atom. The molecule has 1 unspecified atom stereocenters. The second kappa shape index (κ2) is 3.31. The first kappa shape index (κ1) is 8.67. The smallest absolute Gasteiger partial charge is 0.0759 e. The standard InChI is InChI=1S/C9H10BCl/c1-6-3-4-8(11)5-9(6)7(2)10/h3-5,7H,1-2H3. The van der Waals surface area contributed by atoms with E-state index in [0.717, 1.165) is 10.6 Å². The van der Waals surface area contributed by atoms with Crippen molar-refractivity contribution >= 4 is 19.4 Å². The summed E-state index contributed by atoms with van der Waals surface area (Å²) in [6, 6.07) is 5.78. The van der Waals surface area contributed by atoms with E-state index in [0.29, 0.717) is 0 Å². The van der Waals surface area contributed by atoms with Crippen LogP contribution in [0.5, 0.6) is 0 Å². The summed E-state index contributed by atoms with van der Waals surface area (Å²) >= 11 is 5.81. The molecule has 0 spiro atoms. The number of halogens is 1. The van der Waals surface area contributed by atoms with Gasteiger partial charge in [0, 0.05) is 5.02 Å². The summed E-state index contributed by atoms with van der Waals surface area (Å²) in [5.74, 6) is 0.0636. The van der Waals surface area contributed by atoms with Gasteiger partial charge < -0.3 is 0 Å². The Morgan fingerprint density at radius 2 is 2.09 bits per heavy atom. The van der Waals surface area contributed by atoms with Crippen molar-refractivity contribution in [2.24, 2.45) is 0 Å². The molecule has 0 aliphatic rings. The van der Waals surface area contributed by atoms with Crippen LogP contribution in [0, 0.1) is 6.92 Å². The van der Waals surface area contributed by atoms with E-state index in [1.807, 2.05) is 32.0 Å². The Balaban J connectivity index is 3.13. The molecule has 2 radical (unpaired) electrons. The third kappa shape index (κ3) is 2.00. The van der Waals surface area contributed by atoms with Crippen LogP contribution in [0.2, 0.25) is 5.02 Å². The first-order chi connectivity index (χ1) is 5.11. The molecule has 0 saturated carbocycles. The van der Waals surface area contributed by atoms with Gasteiger partial charge in [0.05, 0.1) is 7.85 Å². The minimum Gasteiger partial charge on any atom is -0.0843 e. The van der Waals surface area contributed by atoms with Crippen molar-refractivity contribution < 1.29 is 0 Å². The fourth-order valence-corrected chi connectivity index (χ4v) is 1.28. The van der Waals surface area contributed by atoms with E-state index in [4.69, 9.17) is 19.4 Å². The summed E-state index contributed by atoms with van der Waals surface area (Å²) in [5, 5.41) is 0.753. The lowest BCUT2D eigenvalue weighted by molar-refractivity contribution is 1.06. The van der Waals surface area contributed by atoms with Crippen LogP contribution in [-0.2, 0) is 0 Å². The quantitative estimate of drug-likeness (QED) is 0.560. The summed E-state index contributed by atoms with van der Waals surface area (Å²) in [5.41, 5.74) is 2.32. The van der Waals surface area contributed by atoms with Crippen LogP contribution in [0.1, 0.15) is 23.9 Å². The molecule has 0 aromatic heterocycles. The first-order valence-electron chi connectivity index (χ1n) is 3.63. The van der Waals surface area contributed by atoms with Gasteiger partial charge in [0.2, 0.25) is 0 Å². The lowest BCUT2D eigenvalue weighted by Crippen LogP contribution is -1.94. The van der Waals surface area contributed by atoms with Gasteiger partial charge in [-0.15, -0.1) is 0 Å². The summed E-state index contributed by atoms with van der Waals surface area (Å²) < 4.78 is 0. The summed E-state index contributed by atoms with van der Waals surface area (Å²) in [6.45, 7) is 3.99. The molecule has 0 N–H and O–H groups in total. The average molecular weight is 164 g/mol. The molecule has 56 valence electrons. The van der Waals surface area contributed by atoms with E-state index < -0.39 is 0 Å². The number of hydrogen-bond donors (Lipinski definition) is 0. The molecule has 0 aliphatic carbocycles. The van der Waals surface area contributed by atoms with E-state index in [-0.39, 0.29) is 5.82 Å². The van der Waals surface area contributed by atoms with Crippen LogP contribution >= 0.6 is 11.6 Å². The average Bonchev–Trinajstić information content (AvgIpc) is 1.94. The van der Waals surface area contributed by atoms with Crippen LogP contribution in [0.4, 0.5) is 0 Å². The van der Waals surface area contributed by atoms with Crippen LogP contribution in [0.3, 0.4) is 0 Å². The second-order valence-electron chi connectivity index (χ2n) is 2.79. The largest absolute Gasteiger partial charge is 0.0843 e. The third-order valence-electron chi connectivity index (χ3n) is 1.73. The van der Waals surface area contributed by atoms with E-state index in [9.17, 15) is 0 Å². The van der Waals surface area contributed by atoms with Gasteiger partial charge in [-0.05, 0) is 30.2 Å². The molecule has 1 aromatic rings. The van der Waals surface area contributed by atoms with E-state index in [1.54, 1.807) is 0 Å². The van der Waals surface area contributed by atoms with Crippen LogP contribution < -0.4 is 0 Å². The van der Waals surface area contributed by atoms with Gasteiger partial charge in [-0.25, -0.2) is 0 Å². The normalized spacial score (nSPS) is 13.0. The highest BCUT2D eigenvalue weighted by molar-refractivity contribution is 6.30. The van der Waals surface area contributed by atoms with Gasteiger partial charge in [0.15, 0.2) is 0 Å². The van der Waals surface area contributed by atoms with Crippen molar-refractivity contribution in [3.63, 3.8) is 0 Å². The van der Waals surface area contributed by atoms with E-state index >= 15 is 0 Å². The maximum absolute atomic E-state index is 5.81. The molecule has 1 aromatic carbocycles. The van der Waals surface area contributed by atoms with Gasteiger partial charge in [0.25, 0.3) is 0 Å². The lowest BCUT2D eigenvalue weighted by atomic mass is 9.81. The molecule has 0 aliphatic heterocycles. The highest BCUT2D eigenvalue weighted by Gasteiger charge is 2.02. The molecular weight excluding hydrogens is 154 g/mol. The third-order valence-corrected chi connectivity index (χ3v) is 1.97. The molecule has 0 fully saturated rings. The van der Waals surface area contributed by atoms with Crippen molar-refractivity contribution in [3.8, 4) is 0 Å².